The van der Waals surface area contributed by atoms with E-state index in [2.05, 4.69) is 169 Å². The molecule has 10 aromatic rings. The summed E-state index contributed by atoms with van der Waals surface area (Å²) in [6.07, 6.45) is 0. The van der Waals surface area contributed by atoms with E-state index in [1.165, 1.54) is 27.3 Å². The summed E-state index contributed by atoms with van der Waals surface area (Å²) in [6, 6.07) is 57.9. The van der Waals surface area contributed by atoms with Gasteiger partial charge in [0.1, 0.15) is 22.3 Å². The van der Waals surface area contributed by atoms with Crippen LogP contribution in [-0.4, -0.2) is 0 Å². The average molecular weight is 602 g/mol. The molecule has 0 saturated heterocycles. The van der Waals surface area contributed by atoms with Gasteiger partial charge < -0.3 is 13.7 Å². The van der Waals surface area contributed by atoms with Crippen molar-refractivity contribution in [3.05, 3.63) is 164 Å². The maximum Gasteiger partial charge on any atom is 0.147 e. The first-order chi connectivity index (χ1) is 23.3. The summed E-state index contributed by atoms with van der Waals surface area (Å²) < 4.78 is 13.0. The summed E-state index contributed by atoms with van der Waals surface area (Å²) in [5.41, 5.74) is 9.14. The lowest BCUT2D eigenvalue weighted by Crippen LogP contribution is -2.09. The first-order valence-corrected chi connectivity index (χ1v) is 15.9. The largest absolute Gasteiger partial charge is 0.456 e. The van der Waals surface area contributed by atoms with Crippen LogP contribution in [0.4, 0.5) is 17.1 Å². The number of nitrogens with zero attached hydrogens (tertiary/aromatic N) is 1. The van der Waals surface area contributed by atoms with E-state index in [9.17, 15) is 0 Å². The van der Waals surface area contributed by atoms with Crippen molar-refractivity contribution in [1.29, 1.82) is 0 Å². The highest BCUT2D eigenvalue weighted by atomic mass is 16.3. The van der Waals surface area contributed by atoms with Crippen LogP contribution in [0.3, 0.4) is 0 Å². The molecular weight excluding hydrogens is 574 g/mol. The summed E-state index contributed by atoms with van der Waals surface area (Å²) in [5, 5.41) is 8.94. The minimum Gasteiger partial charge on any atom is -0.456 e. The second-order valence-electron chi connectivity index (χ2n) is 12.2. The first kappa shape index (κ1) is 26.0. The predicted octanol–water partition coefficient (Wildman–Crippen LogP) is 12.9. The van der Waals surface area contributed by atoms with Crippen LogP contribution >= 0.6 is 0 Å². The van der Waals surface area contributed by atoms with Gasteiger partial charge in [-0.25, -0.2) is 0 Å². The van der Waals surface area contributed by atoms with Gasteiger partial charge in [-0.05, 0) is 105 Å². The highest BCUT2D eigenvalue weighted by Crippen LogP contribution is 2.42. The molecule has 0 aliphatic heterocycles. The Labute approximate surface area is 270 Å². The highest BCUT2D eigenvalue weighted by Gasteiger charge is 2.18. The highest BCUT2D eigenvalue weighted by molar-refractivity contribution is 6.24. The predicted molar refractivity (Wildman–Crippen MR) is 196 cm³/mol. The third-order valence-corrected chi connectivity index (χ3v) is 9.39. The van der Waals surface area contributed by atoms with Crippen molar-refractivity contribution in [3.63, 3.8) is 0 Å². The maximum absolute atomic E-state index is 6.70. The number of fused-ring (bicyclic) bond motifs is 9. The third-order valence-electron chi connectivity index (χ3n) is 9.39. The maximum atomic E-state index is 6.70. The number of benzene rings is 8. The molecule has 0 radical (unpaired) electrons. The van der Waals surface area contributed by atoms with Crippen molar-refractivity contribution in [1.82, 2.24) is 0 Å². The molecule has 8 aromatic carbocycles. The van der Waals surface area contributed by atoms with Crippen molar-refractivity contribution in [3.8, 4) is 11.1 Å². The summed E-state index contributed by atoms with van der Waals surface area (Å²) in [5.74, 6) is 0. The number of hydrogen-bond donors (Lipinski definition) is 0. The second kappa shape index (κ2) is 10.1. The molecular formula is C44H27NO2. The molecule has 0 saturated carbocycles. The molecule has 0 atom stereocenters. The molecule has 220 valence electrons. The molecule has 0 bridgehead atoms. The SMILES string of the molecule is c1ccc(-c2ccc(N(c3ccccc3)c3ccc4cc5c(cc4c3)oc3c5ccc4oc5cc6ccccc6cc5c43)cc2)cc1. The van der Waals surface area contributed by atoms with Gasteiger partial charge in [-0.3, -0.25) is 0 Å². The fourth-order valence-corrected chi connectivity index (χ4v) is 7.11. The van der Waals surface area contributed by atoms with Crippen LogP contribution < -0.4 is 4.90 Å². The molecule has 0 aliphatic carbocycles. The molecule has 47 heavy (non-hydrogen) atoms. The number of hydrogen-bond acceptors (Lipinski definition) is 3. The number of para-hydroxylation sites is 1. The summed E-state index contributed by atoms with van der Waals surface area (Å²) in [4.78, 5) is 2.31. The zero-order chi connectivity index (χ0) is 30.9. The molecule has 2 aromatic heterocycles. The smallest absolute Gasteiger partial charge is 0.147 e. The van der Waals surface area contributed by atoms with Crippen LogP contribution in [0.2, 0.25) is 0 Å². The third kappa shape index (κ3) is 4.14. The van der Waals surface area contributed by atoms with Crippen LogP contribution in [0.5, 0.6) is 0 Å². The minimum absolute atomic E-state index is 0.838. The summed E-state index contributed by atoms with van der Waals surface area (Å²) in [6.45, 7) is 0. The molecule has 10 rings (SSSR count). The Balaban J connectivity index is 1.13. The summed E-state index contributed by atoms with van der Waals surface area (Å²) >= 11 is 0. The van der Waals surface area contributed by atoms with E-state index in [-0.39, 0.29) is 0 Å². The molecule has 2 heterocycles. The molecule has 0 unspecified atom stereocenters. The molecule has 3 nitrogen and oxygen atoms in total. The van der Waals surface area contributed by atoms with Crippen LogP contribution in [0.25, 0.3) is 76.5 Å². The lowest BCUT2D eigenvalue weighted by molar-refractivity contribution is 0.663. The molecule has 3 heteroatoms. The van der Waals surface area contributed by atoms with Gasteiger partial charge in [0.15, 0.2) is 0 Å². The van der Waals surface area contributed by atoms with Crippen LogP contribution in [0, 0.1) is 0 Å². The van der Waals surface area contributed by atoms with E-state index in [4.69, 9.17) is 8.83 Å². The van der Waals surface area contributed by atoms with E-state index in [1.807, 2.05) is 0 Å². The Bertz CT molecular complexity index is 2770. The van der Waals surface area contributed by atoms with Crippen molar-refractivity contribution < 1.29 is 8.83 Å². The molecule has 0 N–H and O–H groups in total. The van der Waals surface area contributed by atoms with Crippen LogP contribution in [0.1, 0.15) is 0 Å². The van der Waals surface area contributed by atoms with E-state index in [1.54, 1.807) is 0 Å². The molecule has 0 amide bonds. The van der Waals surface area contributed by atoms with Gasteiger partial charge >= 0.3 is 0 Å². The number of rotatable bonds is 4. The molecule has 0 aliphatic rings. The Morgan fingerprint density at radius 1 is 0.340 bits per heavy atom. The Hall–Kier alpha value is -6.32. The fraction of sp³-hybridized carbons (Fsp3) is 0. The van der Waals surface area contributed by atoms with Crippen LogP contribution in [0.15, 0.2) is 173 Å². The molecule has 0 fully saturated rings. The number of anilines is 3. The monoisotopic (exact) mass is 601 g/mol. The van der Waals surface area contributed by atoms with Gasteiger partial charge in [0.05, 0.1) is 5.39 Å². The zero-order valence-electron chi connectivity index (χ0n) is 25.4. The van der Waals surface area contributed by atoms with Gasteiger partial charge in [0, 0.05) is 33.2 Å². The van der Waals surface area contributed by atoms with E-state index < -0.39 is 0 Å². The minimum atomic E-state index is 0.838. The first-order valence-electron chi connectivity index (χ1n) is 15.9. The van der Waals surface area contributed by atoms with Gasteiger partial charge in [0.2, 0.25) is 0 Å². The Morgan fingerprint density at radius 2 is 0.936 bits per heavy atom. The van der Waals surface area contributed by atoms with E-state index >= 15 is 0 Å². The topological polar surface area (TPSA) is 29.5 Å². The quantitative estimate of drug-likeness (QED) is 0.201. The normalized spacial score (nSPS) is 11.8. The number of furan rings is 2. The summed E-state index contributed by atoms with van der Waals surface area (Å²) in [7, 11) is 0. The van der Waals surface area contributed by atoms with E-state index in [0.717, 1.165) is 66.3 Å². The van der Waals surface area contributed by atoms with Crippen molar-refractivity contribution in [2.75, 3.05) is 4.90 Å². The Kier molecular flexibility index (Phi) is 5.57. The second-order valence-corrected chi connectivity index (χ2v) is 12.2. The zero-order valence-corrected chi connectivity index (χ0v) is 25.4. The van der Waals surface area contributed by atoms with Gasteiger partial charge in [-0.1, -0.05) is 91.0 Å². The fourth-order valence-electron chi connectivity index (χ4n) is 7.11. The van der Waals surface area contributed by atoms with Crippen molar-refractivity contribution in [2.45, 2.75) is 0 Å². The van der Waals surface area contributed by atoms with E-state index in [0.29, 0.717) is 0 Å². The average Bonchev–Trinajstić information content (AvgIpc) is 3.68. The lowest BCUT2D eigenvalue weighted by atomic mass is 10.0. The lowest BCUT2D eigenvalue weighted by Gasteiger charge is -2.26. The Morgan fingerprint density at radius 3 is 1.74 bits per heavy atom. The van der Waals surface area contributed by atoms with Crippen molar-refractivity contribution in [2.24, 2.45) is 0 Å². The van der Waals surface area contributed by atoms with Crippen molar-refractivity contribution >= 4 is 82.5 Å². The standard InChI is InChI=1S/C44H27NO2/c1-3-9-28(10-4-1)29-15-18-35(19-16-29)45(34-13-5-2-6-14-34)36-20-17-32-24-38-37-21-22-40-43(44(37)47-41(38)27-33(32)23-36)39-25-30-11-7-8-12-31(30)26-42(39)46-40/h1-27H. The van der Waals surface area contributed by atoms with Gasteiger partial charge in [-0.2, -0.15) is 0 Å². The molecule has 0 spiro atoms. The van der Waals surface area contributed by atoms with Gasteiger partial charge in [0.25, 0.3) is 0 Å². The van der Waals surface area contributed by atoms with Crippen LogP contribution in [-0.2, 0) is 0 Å². The van der Waals surface area contributed by atoms with Gasteiger partial charge in [-0.15, -0.1) is 0 Å².